The summed E-state index contributed by atoms with van der Waals surface area (Å²) in [6.07, 6.45) is 1.63. The van der Waals surface area contributed by atoms with Crippen LogP contribution in [0.1, 0.15) is 33.3 Å². The maximum absolute atomic E-state index is 11.6. The van der Waals surface area contributed by atoms with Gasteiger partial charge < -0.3 is 19.0 Å². The smallest absolute Gasteiger partial charge is 0.491 e. The first-order chi connectivity index (χ1) is 8.69. The number of pyridine rings is 1. The van der Waals surface area contributed by atoms with E-state index in [0.717, 1.165) is 11.0 Å². The predicted octanol–water partition coefficient (Wildman–Crippen LogP) is 0.991. The van der Waals surface area contributed by atoms with E-state index in [0.29, 0.717) is 5.75 Å². The number of H-pyrrole nitrogens is 1. The third kappa shape index (κ3) is 2.19. The lowest BCUT2D eigenvalue weighted by atomic mass is 9.77. The molecule has 1 saturated heterocycles. The van der Waals surface area contributed by atoms with Gasteiger partial charge in [-0.3, -0.25) is 4.79 Å². The zero-order valence-electron chi connectivity index (χ0n) is 12.3. The van der Waals surface area contributed by atoms with Crippen LogP contribution < -0.4 is 15.8 Å². The molecule has 1 aromatic heterocycles. The third-order valence-corrected chi connectivity index (χ3v) is 4.05. The molecule has 0 radical (unpaired) electrons. The van der Waals surface area contributed by atoms with Crippen molar-refractivity contribution in [1.29, 1.82) is 0 Å². The molecular weight excluding hydrogens is 245 g/mol. The van der Waals surface area contributed by atoms with Crippen molar-refractivity contribution in [3.8, 4) is 5.75 Å². The Kier molecular flexibility index (Phi) is 3.27. The predicted molar refractivity (Wildman–Crippen MR) is 74.1 cm³/mol. The molecule has 0 unspecified atom stereocenters. The number of aromatic amines is 1. The van der Waals surface area contributed by atoms with Crippen LogP contribution in [0, 0.1) is 6.92 Å². The molecule has 5 nitrogen and oxygen atoms in total. The standard InChI is InChI=1S/C13H20BNO4/c1-8-9(7-15-11(16)10(8)17-6)14-18-12(2,3)13(4,5)19-14/h7H,1-6H3,(H,15,16). The van der Waals surface area contributed by atoms with Crippen LogP contribution in [0.4, 0.5) is 0 Å². The second kappa shape index (κ2) is 4.39. The normalized spacial score (nSPS) is 20.6. The monoisotopic (exact) mass is 265 g/mol. The van der Waals surface area contributed by atoms with Gasteiger partial charge in [0.25, 0.3) is 5.56 Å². The van der Waals surface area contributed by atoms with Crippen molar-refractivity contribution in [1.82, 2.24) is 4.98 Å². The first-order valence-corrected chi connectivity index (χ1v) is 6.31. The molecule has 6 heteroatoms. The molecule has 0 amide bonds. The van der Waals surface area contributed by atoms with E-state index in [9.17, 15) is 4.79 Å². The summed E-state index contributed by atoms with van der Waals surface area (Å²) in [4.78, 5) is 14.3. The largest absolute Gasteiger partial charge is 0.496 e. The second-order valence-electron chi connectivity index (χ2n) is 5.82. The molecule has 2 rings (SSSR count). The maximum Gasteiger partial charge on any atom is 0.496 e. The summed E-state index contributed by atoms with van der Waals surface area (Å²) in [5.41, 5.74) is 0.459. The molecule has 1 aliphatic heterocycles. The van der Waals surface area contributed by atoms with E-state index < -0.39 is 18.3 Å². The fourth-order valence-corrected chi connectivity index (χ4v) is 2.08. The highest BCUT2D eigenvalue weighted by Gasteiger charge is 2.52. The van der Waals surface area contributed by atoms with Gasteiger partial charge in [-0.1, -0.05) is 0 Å². The molecule has 1 N–H and O–H groups in total. The first-order valence-electron chi connectivity index (χ1n) is 6.31. The van der Waals surface area contributed by atoms with Crippen LogP contribution in [-0.4, -0.2) is 30.4 Å². The number of rotatable bonds is 2. The van der Waals surface area contributed by atoms with Crippen LogP contribution in [0.5, 0.6) is 5.75 Å². The number of methoxy groups -OCH3 is 1. The average molecular weight is 265 g/mol. The van der Waals surface area contributed by atoms with Crippen LogP contribution in [0.3, 0.4) is 0 Å². The first kappa shape index (κ1) is 14.2. The highest BCUT2D eigenvalue weighted by molar-refractivity contribution is 6.62. The van der Waals surface area contributed by atoms with E-state index in [1.54, 1.807) is 6.20 Å². The quantitative estimate of drug-likeness (QED) is 0.810. The lowest BCUT2D eigenvalue weighted by molar-refractivity contribution is 0.00578. The molecule has 104 valence electrons. The number of hydrogen-bond donors (Lipinski definition) is 1. The molecule has 0 aromatic carbocycles. The molecule has 2 heterocycles. The minimum atomic E-state index is -0.504. The van der Waals surface area contributed by atoms with Crippen molar-refractivity contribution in [2.75, 3.05) is 7.11 Å². The SMILES string of the molecule is COc1c(C)c(B2OC(C)(C)C(C)(C)O2)c[nH]c1=O. The lowest BCUT2D eigenvalue weighted by Gasteiger charge is -2.32. The fraction of sp³-hybridized carbons (Fsp3) is 0.615. The molecule has 0 bridgehead atoms. The summed E-state index contributed by atoms with van der Waals surface area (Å²) >= 11 is 0. The van der Waals surface area contributed by atoms with E-state index in [-0.39, 0.29) is 5.56 Å². The number of nitrogens with one attached hydrogen (secondary N) is 1. The van der Waals surface area contributed by atoms with Gasteiger partial charge in [0.1, 0.15) is 0 Å². The summed E-state index contributed by atoms with van der Waals surface area (Å²) < 4.78 is 17.1. The zero-order valence-corrected chi connectivity index (χ0v) is 12.3. The Morgan fingerprint density at radius 1 is 1.21 bits per heavy atom. The van der Waals surface area contributed by atoms with E-state index in [1.165, 1.54) is 7.11 Å². The molecule has 0 spiro atoms. The number of aromatic nitrogens is 1. The third-order valence-electron chi connectivity index (χ3n) is 4.05. The number of hydrogen-bond acceptors (Lipinski definition) is 4. The summed E-state index contributed by atoms with van der Waals surface area (Å²) in [6, 6.07) is 0. The Labute approximate surface area is 113 Å². The van der Waals surface area contributed by atoms with Crippen LogP contribution in [0.15, 0.2) is 11.0 Å². The Hall–Kier alpha value is -1.27. The molecule has 1 aromatic rings. The molecule has 0 saturated carbocycles. The van der Waals surface area contributed by atoms with Crippen LogP contribution in [-0.2, 0) is 9.31 Å². The van der Waals surface area contributed by atoms with Gasteiger partial charge in [-0.15, -0.1) is 0 Å². The Bertz CT molecular complexity index is 534. The van der Waals surface area contributed by atoms with Gasteiger partial charge in [0.05, 0.1) is 18.3 Å². The van der Waals surface area contributed by atoms with Gasteiger partial charge in [0.15, 0.2) is 5.75 Å². The molecule has 19 heavy (non-hydrogen) atoms. The van der Waals surface area contributed by atoms with Gasteiger partial charge in [-0.05, 0) is 40.2 Å². The fourth-order valence-electron chi connectivity index (χ4n) is 2.08. The lowest BCUT2D eigenvalue weighted by Crippen LogP contribution is -2.41. The average Bonchev–Trinajstić information content (AvgIpc) is 2.48. The Morgan fingerprint density at radius 2 is 1.74 bits per heavy atom. The summed E-state index contributed by atoms with van der Waals surface area (Å²) in [5, 5.41) is 0. The van der Waals surface area contributed by atoms with E-state index >= 15 is 0 Å². The van der Waals surface area contributed by atoms with E-state index in [1.807, 2.05) is 34.6 Å². The molecule has 0 atom stereocenters. The molecule has 1 fully saturated rings. The highest BCUT2D eigenvalue weighted by atomic mass is 16.7. The van der Waals surface area contributed by atoms with Crippen molar-refractivity contribution in [3.63, 3.8) is 0 Å². The summed E-state index contributed by atoms with van der Waals surface area (Å²) in [5.74, 6) is 0.298. The van der Waals surface area contributed by atoms with Crippen molar-refractivity contribution in [2.45, 2.75) is 45.8 Å². The van der Waals surface area contributed by atoms with Gasteiger partial charge in [-0.25, -0.2) is 0 Å². The zero-order chi connectivity index (χ0) is 14.4. The van der Waals surface area contributed by atoms with Gasteiger partial charge in [0, 0.05) is 11.7 Å². The maximum atomic E-state index is 11.6. The number of ether oxygens (including phenoxy) is 1. The van der Waals surface area contributed by atoms with Crippen molar-refractivity contribution in [3.05, 3.63) is 22.1 Å². The second-order valence-corrected chi connectivity index (χ2v) is 5.82. The molecule has 0 aliphatic carbocycles. The van der Waals surface area contributed by atoms with Gasteiger partial charge >= 0.3 is 7.12 Å². The van der Waals surface area contributed by atoms with Gasteiger partial charge in [0.2, 0.25) is 0 Å². The van der Waals surface area contributed by atoms with Crippen molar-refractivity contribution in [2.24, 2.45) is 0 Å². The Balaban J connectivity index is 2.43. The van der Waals surface area contributed by atoms with Crippen LogP contribution in [0.2, 0.25) is 0 Å². The van der Waals surface area contributed by atoms with Gasteiger partial charge in [-0.2, -0.15) is 0 Å². The summed E-state index contributed by atoms with van der Waals surface area (Å²) in [6.45, 7) is 9.79. The van der Waals surface area contributed by atoms with Crippen molar-refractivity contribution < 1.29 is 14.0 Å². The van der Waals surface area contributed by atoms with Crippen molar-refractivity contribution >= 4 is 12.6 Å². The molecular formula is C13H20BNO4. The summed E-state index contributed by atoms with van der Waals surface area (Å²) in [7, 11) is 0.974. The topological polar surface area (TPSA) is 60.6 Å². The minimum Gasteiger partial charge on any atom is -0.491 e. The van der Waals surface area contributed by atoms with E-state index in [2.05, 4.69) is 4.98 Å². The van der Waals surface area contributed by atoms with Crippen LogP contribution in [0.25, 0.3) is 0 Å². The van der Waals surface area contributed by atoms with Crippen LogP contribution >= 0.6 is 0 Å². The Morgan fingerprint density at radius 3 is 2.21 bits per heavy atom. The highest BCUT2D eigenvalue weighted by Crippen LogP contribution is 2.36. The van der Waals surface area contributed by atoms with E-state index in [4.69, 9.17) is 14.0 Å². The minimum absolute atomic E-state index is 0.250. The molecule has 1 aliphatic rings.